The number of amides is 1. The van der Waals surface area contributed by atoms with E-state index in [1.54, 1.807) is 11.3 Å². The van der Waals surface area contributed by atoms with Gasteiger partial charge in [-0.15, -0.1) is 0 Å². The zero-order valence-electron chi connectivity index (χ0n) is 10.3. The predicted molar refractivity (Wildman–Crippen MR) is 75.1 cm³/mol. The average Bonchev–Trinajstić information content (AvgIpc) is 2.94. The van der Waals surface area contributed by atoms with Crippen molar-refractivity contribution in [3.05, 3.63) is 52.2 Å². The number of thiophene rings is 1. The van der Waals surface area contributed by atoms with Gasteiger partial charge in [0.2, 0.25) is 5.91 Å². The monoisotopic (exact) mass is 257 g/mol. The minimum atomic E-state index is 0.200. The number of hydrogen-bond acceptors (Lipinski definition) is 2. The van der Waals surface area contributed by atoms with E-state index in [0.717, 1.165) is 17.7 Å². The van der Waals surface area contributed by atoms with Gasteiger partial charge in [0.05, 0.1) is 6.42 Å². The molecule has 0 bridgehead atoms. The normalized spacial score (nSPS) is 17.8. The van der Waals surface area contributed by atoms with Crippen LogP contribution in [-0.2, 0) is 17.6 Å². The first-order valence-electron chi connectivity index (χ1n) is 6.17. The van der Waals surface area contributed by atoms with Crippen LogP contribution < -0.4 is 4.90 Å². The molecule has 0 saturated carbocycles. The fourth-order valence-electron chi connectivity index (χ4n) is 2.60. The van der Waals surface area contributed by atoms with Crippen molar-refractivity contribution >= 4 is 22.9 Å². The average molecular weight is 257 g/mol. The van der Waals surface area contributed by atoms with Crippen LogP contribution in [0.5, 0.6) is 0 Å². The van der Waals surface area contributed by atoms with Crippen LogP contribution in [-0.4, -0.2) is 11.9 Å². The van der Waals surface area contributed by atoms with Crippen molar-refractivity contribution in [2.24, 2.45) is 0 Å². The Morgan fingerprint density at radius 2 is 2.22 bits per heavy atom. The van der Waals surface area contributed by atoms with Crippen LogP contribution in [0.15, 0.2) is 41.1 Å². The molecule has 0 spiro atoms. The molecule has 2 aromatic rings. The van der Waals surface area contributed by atoms with Crippen LogP contribution in [0, 0.1) is 0 Å². The number of carbonyl (C=O) groups is 1. The van der Waals surface area contributed by atoms with E-state index in [1.165, 1.54) is 5.56 Å². The fourth-order valence-corrected chi connectivity index (χ4v) is 3.27. The lowest BCUT2D eigenvalue weighted by molar-refractivity contribution is -0.118. The summed E-state index contributed by atoms with van der Waals surface area (Å²) in [6.07, 6.45) is 1.47. The largest absolute Gasteiger partial charge is 0.309 e. The quantitative estimate of drug-likeness (QED) is 0.808. The fraction of sp³-hybridized carbons (Fsp3) is 0.267. The zero-order valence-corrected chi connectivity index (χ0v) is 11.1. The van der Waals surface area contributed by atoms with Gasteiger partial charge in [-0.1, -0.05) is 18.2 Å². The first kappa shape index (κ1) is 11.5. The molecule has 1 atom stereocenters. The summed E-state index contributed by atoms with van der Waals surface area (Å²) in [6.45, 7) is 2.12. The maximum absolute atomic E-state index is 12.4. The van der Waals surface area contributed by atoms with Crippen LogP contribution >= 0.6 is 11.3 Å². The number of carbonyl (C=O) groups excluding carboxylic acids is 1. The third-order valence-corrected chi connectivity index (χ3v) is 4.14. The molecule has 0 fully saturated rings. The SMILES string of the molecule is CC1Cc2ccccc2N1C(=O)Cc1ccsc1. The van der Waals surface area contributed by atoms with E-state index < -0.39 is 0 Å². The number of hydrogen-bond donors (Lipinski definition) is 0. The second-order valence-electron chi connectivity index (χ2n) is 4.75. The molecule has 3 rings (SSSR count). The Kier molecular flexibility index (Phi) is 2.92. The van der Waals surface area contributed by atoms with Gasteiger partial charge in [0.15, 0.2) is 0 Å². The van der Waals surface area contributed by atoms with Crippen LogP contribution in [0.25, 0.3) is 0 Å². The highest BCUT2D eigenvalue weighted by Crippen LogP contribution is 2.32. The second-order valence-corrected chi connectivity index (χ2v) is 5.53. The summed E-state index contributed by atoms with van der Waals surface area (Å²) in [6, 6.07) is 10.5. The molecule has 18 heavy (non-hydrogen) atoms. The van der Waals surface area contributed by atoms with Gasteiger partial charge in [-0.25, -0.2) is 0 Å². The van der Waals surface area contributed by atoms with Crippen molar-refractivity contribution in [2.45, 2.75) is 25.8 Å². The molecule has 0 aliphatic carbocycles. The van der Waals surface area contributed by atoms with Gasteiger partial charge in [-0.2, -0.15) is 11.3 Å². The highest BCUT2D eigenvalue weighted by Gasteiger charge is 2.30. The molecule has 2 nitrogen and oxygen atoms in total. The molecule has 1 aromatic heterocycles. The van der Waals surface area contributed by atoms with Crippen molar-refractivity contribution in [1.82, 2.24) is 0 Å². The Bertz CT molecular complexity index is 562. The number of benzene rings is 1. The standard InChI is InChI=1S/C15H15NOS/c1-11-8-13-4-2-3-5-14(13)16(11)15(17)9-12-6-7-18-10-12/h2-7,10-11H,8-9H2,1H3. The summed E-state index contributed by atoms with van der Waals surface area (Å²) < 4.78 is 0. The molecule has 92 valence electrons. The summed E-state index contributed by atoms with van der Waals surface area (Å²) in [5.74, 6) is 0.200. The van der Waals surface area contributed by atoms with Crippen molar-refractivity contribution in [2.75, 3.05) is 4.90 Å². The van der Waals surface area contributed by atoms with Crippen molar-refractivity contribution < 1.29 is 4.79 Å². The Hall–Kier alpha value is -1.61. The minimum Gasteiger partial charge on any atom is -0.309 e. The number of rotatable bonds is 2. The summed E-state index contributed by atoms with van der Waals surface area (Å²) in [5, 5.41) is 4.06. The molecule has 1 unspecified atom stereocenters. The summed E-state index contributed by atoms with van der Waals surface area (Å²) in [7, 11) is 0. The molecule has 0 N–H and O–H groups in total. The molecule has 2 heterocycles. The van der Waals surface area contributed by atoms with E-state index in [9.17, 15) is 4.79 Å². The van der Waals surface area contributed by atoms with E-state index >= 15 is 0 Å². The number of nitrogens with zero attached hydrogens (tertiary/aromatic N) is 1. The van der Waals surface area contributed by atoms with E-state index in [1.807, 2.05) is 39.9 Å². The molecular weight excluding hydrogens is 242 g/mol. The van der Waals surface area contributed by atoms with E-state index in [4.69, 9.17) is 0 Å². The summed E-state index contributed by atoms with van der Waals surface area (Å²) in [5.41, 5.74) is 3.48. The van der Waals surface area contributed by atoms with Crippen molar-refractivity contribution in [1.29, 1.82) is 0 Å². The maximum Gasteiger partial charge on any atom is 0.231 e. The summed E-state index contributed by atoms with van der Waals surface area (Å²) >= 11 is 1.64. The molecule has 3 heteroatoms. The van der Waals surface area contributed by atoms with E-state index in [2.05, 4.69) is 13.0 Å². The Morgan fingerprint density at radius 1 is 1.39 bits per heavy atom. The second kappa shape index (κ2) is 4.58. The Balaban J connectivity index is 1.86. The minimum absolute atomic E-state index is 0.200. The lowest BCUT2D eigenvalue weighted by Crippen LogP contribution is -2.36. The predicted octanol–water partition coefficient (Wildman–Crippen LogP) is 3.27. The zero-order chi connectivity index (χ0) is 12.5. The van der Waals surface area contributed by atoms with E-state index in [-0.39, 0.29) is 11.9 Å². The molecule has 0 saturated heterocycles. The lowest BCUT2D eigenvalue weighted by Gasteiger charge is -2.22. The van der Waals surface area contributed by atoms with Crippen LogP contribution in [0.3, 0.4) is 0 Å². The van der Waals surface area contributed by atoms with Crippen LogP contribution in [0.1, 0.15) is 18.1 Å². The summed E-state index contributed by atoms with van der Waals surface area (Å²) in [4.78, 5) is 14.4. The first-order valence-corrected chi connectivity index (χ1v) is 7.11. The van der Waals surface area contributed by atoms with Gasteiger partial charge in [0.25, 0.3) is 0 Å². The van der Waals surface area contributed by atoms with Gasteiger partial charge >= 0.3 is 0 Å². The highest BCUT2D eigenvalue weighted by molar-refractivity contribution is 7.08. The number of fused-ring (bicyclic) bond motifs is 1. The lowest BCUT2D eigenvalue weighted by atomic mass is 10.1. The van der Waals surface area contributed by atoms with E-state index in [0.29, 0.717) is 6.42 Å². The molecular formula is C15H15NOS. The maximum atomic E-state index is 12.4. The highest BCUT2D eigenvalue weighted by atomic mass is 32.1. The van der Waals surface area contributed by atoms with Gasteiger partial charge < -0.3 is 4.90 Å². The van der Waals surface area contributed by atoms with Crippen LogP contribution in [0.2, 0.25) is 0 Å². The van der Waals surface area contributed by atoms with Crippen molar-refractivity contribution in [3.63, 3.8) is 0 Å². The third kappa shape index (κ3) is 1.95. The van der Waals surface area contributed by atoms with Gasteiger partial charge in [-0.05, 0) is 47.4 Å². The van der Waals surface area contributed by atoms with Gasteiger partial charge in [0.1, 0.15) is 0 Å². The van der Waals surface area contributed by atoms with Gasteiger partial charge in [-0.3, -0.25) is 4.79 Å². The molecule has 1 aliphatic heterocycles. The van der Waals surface area contributed by atoms with Gasteiger partial charge in [0, 0.05) is 11.7 Å². The van der Waals surface area contributed by atoms with Crippen LogP contribution in [0.4, 0.5) is 5.69 Å². The Morgan fingerprint density at radius 3 is 3.00 bits per heavy atom. The molecule has 1 aliphatic rings. The van der Waals surface area contributed by atoms with Crippen molar-refractivity contribution in [3.8, 4) is 0 Å². The molecule has 1 aromatic carbocycles. The third-order valence-electron chi connectivity index (χ3n) is 3.41. The molecule has 1 amide bonds. The Labute approximate surface area is 111 Å². The number of para-hydroxylation sites is 1. The molecule has 0 radical (unpaired) electrons. The smallest absolute Gasteiger partial charge is 0.231 e. The first-order chi connectivity index (χ1) is 8.75. The number of anilines is 1. The topological polar surface area (TPSA) is 20.3 Å².